The fourth-order valence-corrected chi connectivity index (χ4v) is 1.95. The molecule has 0 saturated carbocycles. The topological polar surface area (TPSA) is 41.1 Å². The third-order valence-electron chi connectivity index (χ3n) is 2.74. The quantitative estimate of drug-likeness (QED) is 0.652. The van der Waals surface area contributed by atoms with E-state index in [9.17, 15) is 4.39 Å². The van der Waals surface area contributed by atoms with Gasteiger partial charge in [0.1, 0.15) is 17.7 Å². The zero-order valence-electron chi connectivity index (χ0n) is 9.34. The summed E-state index contributed by atoms with van der Waals surface area (Å²) in [5.41, 5.74) is 1.71. The van der Waals surface area contributed by atoms with Crippen molar-refractivity contribution in [2.75, 3.05) is 0 Å². The molecule has 18 heavy (non-hydrogen) atoms. The van der Waals surface area contributed by atoms with Gasteiger partial charge in [0.05, 0.1) is 5.52 Å². The van der Waals surface area contributed by atoms with Gasteiger partial charge in [0.25, 0.3) is 0 Å². The summed E-state index contributed by atoms with van der Waals surface area (Å²) in [6.45, 7) is 0. The first-order chi connectivity index (χ1) is 8.79. The van der Waals surface area contributed by atoms with Gasteiger partial charge in [-0.1, -0.05) is 18.2 Å². The van der Waals surface area contributed by atoms with Crippen LogP contribution in [0.2, 0.25) is 0 Å². The average Bonchev–Trinajstić information content (AvgIpc) is 2.77. The Morgan fingerprint density at radius 2 is 2.06 bits per heavy atom. The Morgan fingerprint density at radius 3 is 2.83 bits per heavy atom. The maximum atomic E-state index is 13.2. The molecule has 4 heteroatoms. The van der Waals surface area contributed by atoms with Crippen molar-refractivity contribution in [2.24, 2.45) is 0 Å². The monoisotopic (exact) mass is 237 g/mol. The van der Waals surface area contributed by atoms with E-state index < -0.39 is 0 Å². The highest BCUT2D eigenvalue weighted by atomic mass is 19.1. The molecule has 0 aliphatic rings. The molecule has 0 bridgehead atoms. The largest absolute Gasteiger partial charge is 0.298 e. The van der Waals surface area contributed by atoms with E-state index in [0.717, 1.165) is 5.52 Å². The lowest BCUT2D eigenvalue weighted by molar-refractivity contribution is 0.628. The fraction of sp³-hybridized carbons (Fsp3) is 0. The first kappa shape index (κ1) is 10.5. The molecule has 2 aromatic heterocycles. The smallest absolute Gasteiger partial charge is 0.166 e. The number of nitrogens with zero attached hydrogens (tertiary/aromatic N) is 3. The summed E-state index contributed by atoms with van der Waals surface area (Å²) >= 11 is 0. The van der Waals surface area contributed by atoms with Gasteiger partial charge in [-0.15, -0.1) is 0 Å². The van der Waals surface area contributed by atoms with E-state index >= 15 is 0 Å². The average molecular weight is 237 g/mol. The summed E-state index contributed by atoms with van der Waals surface area (Å²) in [7, 11) is 0. The number of benzene rings is 1. The van der Waals surface area contributed by atoms with E-state index in [1.807, 2.05) is 30.5 Å². The summed E-state index contributed by atoms with van der Waals surface area (Å²) in [6, 6.07) is 13.7. The van der Waals surface area contributed by atoms with Crippen molar-refractivity contribution in [1.29, 1.82) is 5.26 Å². The summed E-state index contributed by atoms with van der Waals surface area (Å²) in [5, 5.41) is 9.05. The molecule has 0 fully saturated rings. The van der Waals surface area contributed by atoms with Gasteiger partial charge in [0.2, 0.25) is 0 Å². The minimum Gasteiger partial charge on any atom is -0.298 e. The second-order valence-electron chi connectivity index (χ2n) is 3.86. The highest BCUT2D eigenvalue weighted by Gasteiger charge is 2.11. The molecule has 0 atom stereocenters. The van der Waals surface area contributed by atoms with Crippen molar-refractivity contribution in [3.8, 4) is 17.5 Å². The Labute approximate surface area is 103 Å². The number of rotatable bonds is 1. The second-order valence-corrected chi connectivity index (χ2v) is 3.86. The van der Waals surface area contributed by atoms with E-state index in [-0.39, 0.29) is 5.82 Å². The molecule has 0 radical (unpaired) electrons. The maximum absolute atomic E-state index is 13.2. The van der Waals surface area contributed by atoms with Crippen LogP contribution in [0.5, 0.6) is 0 Å². The Hall–Kier alpha value is -2.67. The molecule has 2 heterocycles. The van der Waals surface area contributed by atoms with Crippen molar-refractivity contribution >= 4 is 5.52 Å². The van der Waals surface area contributed by atoms with Gasteiger partial charge in [-0.25, -0.2) is 9.37 Å². The van der Waals surface area contributed by atoms with Crippen LogP contribution in [0, 0.1) is 17.1 Å². The summed E-state index contributed by atoms with van der Waals surface area (Å²) in [4.78, 5) is 4.25. The molecule has 3 rings (SSSR count). The van der Waals surface area contributed by atoms with Crippen molar-refractivity contribution < 1.29 is 4.39 Å². The van der Waals surface area contributed by atoms with Crippen LogP contribution >= 0.6 is 0 Å². The molecule has 3 nitrogen and oxygen atoms in total. The SMILES string of the molecule is N#Cc1nc(-c2cccc(F)c2)n2ccccc12. The maximum Gasteiger partial charge on any atom is 0.166 e. The number of pyridine rings is 1. The van der Waals surface area contributed by atoms with E-state index in [2.05, 4.69) is 4.98 Å². The van der Waals surface area contributed by atoms with E-state index in [4.69, 9.17) is 5.26 Å². The molecule has 0 saturated heterocycles. The molecule has 0 aliphatic carbocycles. The number of halogens is 1. The van der Waals surface area contributed by atoms with Crippen molar-refractivity contribution in [3.63, 3.8) is 0 Å². The minimum absolute atomic E-state index is 0.321. The number of fused-ring (bicyclic) bond motifs is 1. The predicted molar refractivity (Wildman–Crippen MR) is 65.3 cm³/mol. The number of aromatic nitrogens is 2. The Morgan fingerprint density at radius 1 is 1.17 bits per heavy atom. The number of hydrogen-bond donors (Lipinski definition) is 0. The summed E-state index contributed by atoms with van der Waals surface area (Å²) in [6.07, 6.45) is 1.81. The van der Waals surface area contributed by atoms with Crippen LogP contribution in [-0.4, -0.2) is 9.38 Å². The van der Waals surface area contributed by atoms with Crippen LogP contribution in [0.4, 0.5) is 4.39 Å². The number of hydrogen-bond acceptors (Lipinski definition) is 2. The number of imidazole rings is 1. The lowest BCUT2D eigenvalue weighted by Crippen LogP contribution is -1.88. The van der Waals surface area contributed by atoms with Gasteiger partial charge >= 0.3 is 0 Å². The van der Waals surface area contributed by atoms with Crippen LogP contribution < -0.4 is 0 Å². The molecular formula is C14H8FN3. The predicted octanol–water partition coefficient (Wildman–Crippen LogP) is 3.01. The molecule has 1 aromatic carbocycles. The van der Waals surface area contributed by atoms with Crippen molar-refractivity contribution in [3.05, 3.63) is 60.2 Å². The van der Waals surface area contributed by atoms with Crippen LogP contribution in [-0.2, 0) is 0 Å². The first-order valence-electron chi connectivity index (χ1n) is 5.43. The molecule has 0 spiro atoms. The normalized spacial score (nSPS) is 10.4. The molecule has 0 aliphatic heterocycles. The first-order valence-corrected chi connectivity index (χ1v) is 5.43. The molecule has 3 aromatic rings. The Kier molecular flexibility index (Phi) is 2.31. The van der Waals surface area contributed by atoms with Crippen molar-refractivity contribution in [1.82, 2.24) is 9.38 Å². The molecule has 0 amide bonds. The minimum atomic E-state index is -0.321. The summed E-state index contributed by atoms with van der Waals surface area (Å²) in [5.74, 6) is 0.250. The van der Waals surface area contributed by atoms with Gasteiger partial charge in [-0.2, -0.15) is 5.26 Å². The molecule has 0 N–H and O–H groups in total. The second kappa shape index (κ2) is 3.97. The zero-order chi connectivity index (χ0) is 12.5. The highest BCUT2D eigenvalue weighted by molar-refractivity contribution is 5.68. The Balaban J connectivity index is 2.34. The summed E-state index contributed by atoms with van der Waals surface area (Å²) < 4.78 is 15.0. The lowest BCUT2D eigenvalue weighted by atomic mass is 10.2. The van der Waals surface area contributed by atoms with E-state index in [1.54, 1.807) is 16.5 Å². The third kappa shape index (κ3) is 1.54. The standard InChI is InChI=1S/C14H8FN3/c15-11-5-3-4-10(8-11)14-17-12(9-16)13-6-1-2-7-18(13)14/h1-8H. The van der Waals surface area contributed by atoms with E-state index in [0.29, 0.717) is 17.1 Å². The molecule has 86 valence electrons. The van der Waals surface area contributed by atoms with Crippen molar-refractivity contribution in [2.45, 2.75) is 0 Å². The van der Waals surface area contributed by atoms with Crippen LogP contribution in [0.3, 0.4) is 0 Å². The Bertz CT molecular complexity index is 768. The van der Waals surface area contributed by atoms with Crippen LogP contribution in [0.15, 0.2) is 48.7 Å². The van der Waals surface area contributed by atoms with Gasteiger partial charge in [0, 0.05) is 11.8 Å². The van der Waals surface area contributed by atoms with Gasteiger partial charge in [-0.05, 0) is 24.3 Å². The molecular weight excluding hydrogens is 229 g/mol. The highest BCUT2D eigenvalue weighted by Crippen LogP contribution is 2.22. The lowest BCUT2D eigenvalue weighted by Gasteiger charge is -2.00. The third-order valence-corrected chi connectivity index (χ3v) is 2.74. The van der Waals surface area contributed by atoms with Crippen LogP contribution in [0.25, 0.3) is 16.9 Å². The zero-order valence-corrected chi connectivity index (χ0v) is 9.34. The van der Waals surface area contributed by atoms with Crippen LogP contribution in [0.1, 0.15) is 5.69 Å². The van der Waals surface area contributed by atoms with E-state index in [1.165, 1.54) is 12.1 Å². The van der Waals surface area contributed by atoms with Gasteiger partial charge in [0.15, 0.2) is 5.69 Å². The number of nitriles is 1. The fourth-order valence-electron chi connectivity index (χ4n) is 1.95. The molecule has 0 unspecified atom stereocenters. The van der Waals surface area contributed by atoms with Gasteiger partial charge in [-0.3, -0.25) is 4.40 Å². The van der Waals surface area contributed by atoms with Gasteiger partial charge < -0.3 is 0 Å².